The largest absolute Gasteiger partial charge is 0.508 e. The van der Waals surface area contributed by atoms with E-state index < -0.39 is 0 Å². The second kappa shape index (κ2) is 4.92. The lowest BCUT2D eigenvalue weighted by Gasteiger charge is -2.14. The summed E-state index contributed by atoms with van der Waals surface area (Å²) >= 11 is 0. The van der Waals surface area contributed by atoms with Crippen molar-refractivity contribution in [2.24, 2.45) is 0 Å². The Morgan fingerprint density at radius 1 is 1.22 bits per heavy atom. The lowest BCUT2D eigenvalue weighted by Crippen LogP contribution is -2.22. The first kappa shape index (κ1) is 11.4. The highest BCUT2D eigenvalue weighted by Gasteiger charge is 2.15. The number of aromatic nitrogens is 1. The van der Waals surface area contributed by atoms with Crippen molar-refractivity contribution in [2.75, 3.05) is 19.8 Å². The van der Waals surface area contributed by atoms with E-state index in [1.807, 2.05) is 18.2 Å². The van der Waals surface area contributed by atoms with E-state index in [9.17, 15) is 5.11 Å². The van der Waals surface area contributed by atoms with Gasteiger partial charge in [-0.1, -0.05) is 6.07 Å². The van der Waals surface area contributed by atoms with Crippen molar-refractivity contribution in [3.8, 4) is 5.75 Å². The molecule has 4 heteroatoms. The number of rotatable bonds is 1. The molecule has 2 aromatic rings. The van der Waals surface area contributed by atoms with Crippen molar-refractivity contribution >= 4 is 10.9 Å². The second-order valence-electron chi connectivity index (χ2n) is 4.52. The Balaban J connectivity index is 1.94. The maximum absolute atomic E-state index is 9.43. The third-order valence-corrected chi connectivity index (χ3v) is 3.24. The summed E-state index contributed by atoms with van der Waals surface area (Å²) in [5.74, 6) is 0.276. The number of phenols is 1. The number of fused-ring (bicyclic) bond motifs is 1. The highest BCUT2D eigenvalue weighted by Crippen LogP contribution is 2.22. The lowest BCUT2D eigenvalue weighted by molar-refractivity contribution is 0.150. The summed E-state index contributed by atoms with van der Waals surface area (Å²) < 4.78 is 5.43. The number of nitrogens with one attached hydrogen (secondary N) is 1. The van der Waals surface area contributed by atoms with Gasteiger partial charge in [-0.05, 0) is 30.7 Å². The Morgan fingerprint density at radius 3 is 3.11 bits per heavy atom. The molecule has 0 bridgehead atoms. The molecule has 1 saturated heterocycles. The number of pyridine rings is 1. The molecule has 4 nitrogen and oxygen atoms in total. The predicted octanol–water partition coefficient (Wildman–Crippen LogP) is 1.99. The van der Waals surface area contributed by atoms with Crippen LogP contribution in [0.25, 0.3) is 10.9 Å². The van der Waals surface area contributed by atoms with Crippen LogP contribution in [0.5, 0.6) is 5.75 Å². The normalized spacial score (nSPS) is 20.8. The van der Waals surface area contributed by atoms with Gasteiger partial charge in [0.15, 0.2) is 0 Å². The molecule has 1 unspecified atom stereocenters. The van der Waals surface area contributed by atoms with E-state index in [0.717, 1.165) is 42.8 Å². The SMILES string of the molecule is Oc1ccc2nc(C3CCOCCN3)ccc2c1. The first-order chi connectivity index (χ1) is 8.83. The van der Waals surface area contributed by atoms with Gasteiger partial charge in [0.25, 0.3) is 0 Å². The summed E-state index contributed by atoms with van der Waals surface area (Å²) in [4.78, 5) is 4.65. The first-order valence-corrected chi connectivity index (χ1v) is 6.24. The van der Waals surface area contributed by atoms with Crippen LogP contribution >= 0.6 is 0 Å². The molecular weight excluding hydrogens is 228 g/mol. The number of hydrogen-bond donors (Lipinski definition) is 2. The predicted molar refractivity (Wildman–Crippen MR) is 69.6 cm³/mol. The Labute approximate surface area is 106 Å². The smallest absolute Gasteiger partial charge is 0.116 e. The zero-order chi connectivity index (χ0) is 12.4. The van der Waals surface area contributed by atoms with Gasteiger partial charge in [-0.2, -0.15) is 0 Å². The molecule has 3 rings (SSSR count). The van der Waals surface area contributed by atoms with E-state index in [0.29, 0.717) is 0 Å². The summed E-state index contributed by atoms with van der Waals surface area (Å²) in [5.41, 5.74) is 1.95. The summed E-state index contributed by atoms with van der Waals surface area (Å²) in [7, 11) is 0. The Bertz CT molecular complexity index is 548. The number of nitrogens with zero attached hydrogens (tertiary/aromatic N) is 1. The molecular formula is C14H16N2O2. The topological polar surface area (TPSA) is 54.4 Å². The van der Waals surface area contributed by atoms with Crippen molar-refractivity contribution in [2.45, 2.75) is 12.5 Å². The van der Waals surface area contributed by atoms with Crippen molar-refractivity contribution in [3.63, 3.8) is 0 Å². The molecule has 1 aromatic carbocycles. The van der Waals surface area contributed by atoms with Crippen molar-refractivity contribution in [3.05, 3.63) is 36.0 Å². The van der Waals surface area contributed by atoms with Crippen LogP contribution in [0.4, 0.5) is 0 Å². The number of ether oxygens (including phenoxy) is 1. The van der Waals surface area contributed by atoms with Gasteiger partial charge in [0.1, 0.15) is 5.75 Å². The molecule has 0 spiro atoms. The van der Waals surface area contributed by atoms with Crippen LogP contribution in [0.15, 0.2) is 30.3 Å². The van der Waals surface area contributed by atoms with Crippen LogP contribution in [-0.2, 0) is 4.74 Å². The molecule has 18 heavy (non-hydrogen) atoms. The van der Waals surface area contributed by atoms with Crippen molar-refractivity contribution in [1.29, 1.82) is 0 Å². The fourth-order valence-electron chi connectivity index (χ4n) is 2.29. The zero-order valence-corrected chi connectivity index (χ0v) is 10.1. The summed E-state index contributed by atoms with van der Waals surface area (Å²) in [6, 6.07) is 9.53. The Morgan fingerprint density at radius 2 is 2.17 bits per heavy atom. The maximum atomic E-state index is 9.43. The van der Waals surface area contributed by atoms with Gasteiger partial charge >= 0.3 is 0 Å². The molecule has 0 radical (unpaired) electrons. The van der Waals surface area contributed by atoms with Gasteiger partial charge in [-0.25, -0.2) is 0 Å². The van der Waals surface area contributed by atoms with E-state index in [4.69, 9.17) is 4.74 Å². The fraction of sp³-hybridized carbons (Fsp3) is 0.357. The van der Waals surface area contributed by atoms with Gasteiger partial charge in [0, 0.05) is 18.5 Å². The van der Waals surface area contributed by atoms with Crippen LogP contribution in [-0.4, -0.2) is 29.8 Å². The molecule has 1 fully saturated rings. The molecule has 0 aliphatic carbocycles. The number of phenolic OH excluding ortho intramolecular Hbond substituents is 1. The van der Waals surface area contributed by atoms with Gasteiger partial charge in [0.05, 0.1) is 23.9 Å². The molecule has 1 aliphatic rings. The van der Waals surface area contributed by atoms with Gasteiger partial charge in [-0.15, -0.1) is 0 Å². The minimum atomic E-state index is 0.255. The summed E-state index contributed by atoms with van der Waals surface area (Å²) in [6.07, 6.45) is 0.941. The molecule has 0 amide bonds. The van der Waals surface area contributed by atoms with Crippen LogP contribution in [0, 0.1) is 0 Å². The minimum Gasteiger partial charge on any atom is -0.508 e. The average Bonchev–Trinajstić information content (AvgIpc) is 2.67. The fourth-order valence-corrected chi connectivity index (χ4v) is 2.29. The summed E-state index contributed by atoms with van der Waals surface area (Å²) in [6.45, 7) is 2.39. The molecule has 2 heterocycles. The van der Waals surface area contributed by atoms with Gasteiger partial charge in [0.2, 0.25) is 0 Å². The standard InChI is InChI=1S/C14H16N2O2/c17-11-2-4-12-10(9-11)1-3-14(16-12)13-5-7-18-8-6-15-13/h1-4,9,13,15,17H,5-8H2. The molecule has 1 atom stereocenters. The average molecular weight is 244 g/mol. The maximum Gasteiger partial charge on any atom is 0.116 e. The molecule has 1 aliphatic heterocycles. The second-order valence-corrected chi connectivity index (χ2v) is 4.52. The number of benzene rings is 1. The van der Waals surface area contributed by atoms with Gasteiger partial charge < -0.3 is 15.2 Å². The number of hydrogen-bond acceptors (Lipinski definition) is 4. The number of aromatic hydroxyl groups is 1. The quantitative estimate of drug-likeness (QED) is 0.805. The molecule has 0 saturated carbocycles. The summed E-state index contributed by atoms with van der Waals surface area (Å²) in [5, 5.41) is 13.8. The van der Waals surface area contributed by atoms with Crippen LogP contribution in [0.1, 0.15) is 18.2 Å². The van der Waals surface area contributed by atoms with Gasteiger partial charge in [-0.3, -0.25) is 4.98 Å². The molecule has 94 valence electrons. The van der Waals surface area contributed by atoms with E-state index in [1.165, 1.54) is 0 Å². The van der Waals surface area contributed by atoms with Crippen LogP contribution < -0.4 is 5.32 Å². The molecule has 1 aromatic heterocycles. The lowest BCUT2D eigenvalue weighted by atomic mass is 10.1. The van der Waals surface area contributed by atoms with Crippen molar-refractivity contribution < 1.29 is 9.84 Å². The molecule has 2 N–H and O–H groups in total. The van der Waals surface area contributed by atoms with E-state index in [2.05, 4.69) is 10.3 Å². The highest BCUT2D eigenvalue weighted by atomic mass is 16.5. The Hall–Kier alpha value is -1.65. The zero-order valence-electron chi connectivity index (χ0n) is 10.1. The third kappa shape index (κ3) is 2.30. The van der Waals surface area contributed by atoms with E-state index in [-0.39, 0.29) is 11.8 Å². The first-order valence-electron chi connectivity index (χ1n) is 6.24. The minimum absolute atomic E-state index is 0.255. The van der Waals surface area contributed by atoms with Crippen LogP contribution in [0.3, 0.4) is 0 Å². The third-order valence-electron chi connectivity index (χ3n) is 3.24. The van der Waals surface area contributed by atoms with Crippen molar-refractivity contribution in [1.82, 2.24) is 10.3 Å². The van der Waals surface area contributed by atoms with E-state index in [1.54, 1.807) is 12.1 Å². The monoisotopic (exact) mass is 244 g/mol. The Kier molecular flexibility index (Phi) is 3.13. The van der Waals surface area contributed by atoms with Crippen LogP contribution in [0.2, 0.25) is 0 Å². The van der Waals surface area contributed by atoms with E-state index >= 15 is 0 Å². The highest BCUT2D eigenvalue weighted by molar-refractivity contribution is 5.80.